The van der Waals surface area contributed by atoms with Crippen LogP contribution >= 0.6 is 0 Å². The van der Waals surface area contributed by atoms with Gasteiger partial charge in [-0.2, -0.15) is 0 Å². The summed E-state index contributed by atoms with van der Waals surface area (Å²) in [5.41, 5.74) is 1.35. The molecule has 0 aromatic heterocycles. The van der Waals surface area contributed by atoms with Gasteiger partial charge in [0.1, 0.15) is 17.2 Å². The highest BCUT2D eigenvalue weighted by Gasteiger charge is 2.18. The number of rotatable bonds is 13. The highest BCUT2D eigenvalue weighted by molar-refractivity contribution is 6.11. The summed E-state index contributed by atoms with van der Waals surface area (Å²) in [5, 5.41) is 9.06. The maximum absolute atomic E-state index is 13.5. The van der Waals surface area contributed by atoms with E-state index in [1.807, 2.05) is 27.7 Å². The smallest absolute Gasteiger partial charge is 0.328 e. The summed E-state index contributed by atoms with van der Waals surface area (Å²) >= 11 is 0. The van der Waals surface area contributed by atoms with Gasteiger partial charge >= 0.3 is 5.97 Å². The molecule has 2 aromatic carbocycles. The Bertz CT molecular complexity index is 1000. The van der Waals surface area contributed by atoms with E-state index >= 15 is 0 Å². The first-order valence-electron chi connectivity index (χ1n) is 11.7. The number of carbonyl (C=O) groups excluding carboxylic acids is 1. The largest absolute Gasteiger partial charge is 0.493 e. The van der Waals surface area contributed by atoms with Gasteiger partial charge in [0.05, 0.1) is 25.4 Å². The van der Waals surface area contributed by atoms with E-state index in [9.17, 15) is 9.59 Å². The lowest BCUT2D eigenvalue weighted by molar-refractivity contribution is -0.131. The average molecular weight is 469 g/mol. The number of carboxylic acids is 1. The molecule has 0 amide bonds. The zero-order valence-electron chi connectivity index (χ0n) is 21.0. The number of carboxylic acid groups (broad SMARTS) is 1. The van der Waals surface area contributed by atoms with Crippen molar-refractivity contribution in [2.75, 3.05) is 19.8 Å². The molecule has 0 fully saturated rings. The van der Waals surface area contributed by atoms with Gasteiger partial charge in [-0.1, -0.05) is 41.5 Å². The first-order chi connectivity index (χ1) is 16.1. The Balaban J connectivity index is 2.42. The lowest BCUT2D eigenvalue weighted by Gasteiger charge is -2.16. The summed E-state index contributed by atoms with van der Waals surface area (Å²) in [4.78, 5) is 24.5. The molecule has 0 aliphatic heterocycles. The van der Waals surface area contributed by atoms with E-state index in [4.69, 9.17) is 19.3 Å². The molecule has 0 saturated carbocycles. The molecule has 1 N–H and O–H groups in total. The summed E-state index contributed by atoms with van der Waals surface area (Å²) in [6, 6.07) is 10.3. The first-order valence-corrected chi connectivity index (χ1v) is 11.7. The summed E-state index contributed by atoms with van der Waals surface area (Å²) in [5.74, 6) is 1.28. The molecule has 2 aromatic rings. The Labute approximate surface area is 202 Å². The van der Waals surface area contributed by atoms with Crippen molar-refractivity contribution in [3.05, 3.63) is 59.2 Å². The molecular formula is C28H36O6. The monoisotopic (exact) mass is 468 g/mol. The molecule has 0 aliphatic carbocycles. The SMILES string of the molecule is CC(C)COc1ccc(C(=O)c2ccc(OCC(C)C)c(C=CC(=O)O)c2)c(OCC(C)C)c1. The third kappa shape index (κ3) is 8.58. The van der Waals surface area contributed by atoms with Crippen molar-refractivity contribution in [3.8, 4) is 17.2 Å². The van der Waals surface area contributed by atoms with E-state index in [0.717, 1.165) is 6.08 Å². The molecular weight excluding hydrogens is 432 g/mol. The number of ketones is 1. The Morgan fingerprint density at radius 1 is 0.794 bits per heavy atom. The predicted octanol–water partition coefficient (Wildman–Crippen LogP) is 6.12. The molecule has 0 aliphatic rings. The van der Waals surface area contributed by atoms with Crippen molar-refractivity contribution in [3.63, 3.8) is 0 Å². The van der Waals surface area contributed by atoms with Crippen molar-refractivity contribution < 1.29 is 28.9 Å². The summed E-state index contributed by atoms with van der Waals surface area (Å²) in [6.07, 6.45) is 2.47. The van der Waals surface area contributed by atoms with Crippen LogP contribution in [0, 0.1) is 17.8 Å². The molecule has 0 heterocycles. The van der Waals surface area contributed by atoms with Crippen molar-refractivity contribution in [1.29, 1.82) is 0 Å². The number of hydrogen-bond acceptors (Lipinski definition) is 5. The van der Waals surface area contributed by atoms with Gasteiger partial charge in [0.25, 0.3) is 0 Å². The average Bonchev–Trinajstić information content (AvgIpc) is 2.78. The zero-order valence-corrected chi connectivity index (χ0v) is 21.0. The number of ether oxygens (including phenoxy) is 3. The number of carbonyl (C=O) groups is 2. The van der Waals surface area contributed by atoms with Gasteiger partial charge in [-0.25, -0.2) is 4.79 Å². The third-order valence-corrected chi connectivity index (χ3v) is 4.60. The molecule has 6 nitrogen and oxygen atoms in total. The molecule has 0 bridgehead atoms. The fourth-order valence-corrected chi connectivity index (χ4v) is 2.94. The van der Waals surface area contributed by atoms with Crippen molar-refractivity contribution in [2.45, 2.75) is 41.5 Å². The van der Waals surface area contributed by atoms with Crippen LogP contribution in [0.4, 0.5) is 0 Å². The van der Waals surface area contributed by atoms with Crippen LogP contribution < -0.4 is 14.2 Å². The van der Waals surface area contributed by atoms with Crippen LogP contribution in [0.5, 0.6) is 17.2 Å². The number of hydrogen-bond donors (Lipinski definition) is 1. The van der Waals surface area contributed by atoms with Gasteiger partial charge in [0, 0.05) is 23.3 Å². The first kappa shape index (κ1) is 27.0. The van der Waals surface area contributed by atoms with Gasteiger partial charge in [-0.05, 0) is 54.2 Å². The fourth-order valence-electron chi connectivity index (χ4n) is 2.94. The lowest BCUT2D eigenvalue weighted by atomic mass is 9.99. The van der Waals surface area contributed by atoms with Gasteiger partial charge in [-0.3, -0.25) is 4.79 Å². The summed E-state index contributed by atoms with van der Waals surface area (Å²) in [7, 11) is 0. The van der Waals surface area contributed by atoms with Crippen LogP contribution in [-0.4, -0.2) is 36.7 Å². The van der Waals surface area contributed by atoms with Crippen LogP contribution in [0.15, 0.2) is 42.5 Å². The third-order valence-electron chi connectivity index (χ3n) is 4.60. The fraction of sp³-hybridized carbons (Fsp3) is 0.429. The summed E-state index contributed by atoms with van der Waals surface area (Å²) in [6.45, 7) is 13.8. The van der Waals surface area contributed by atoms with E-state index in [1.165, 1.54) is 6.08 Å². The number of benzene rings is 2. The molecule has 34 heavy (non-hydrogen) atoms. The molecule has 6 heteroatoms. The Hall–Kier alpha value is -3.28. The molecule has 0 unspecified atom stereocenters. The minimum atomic E-state index is -1.08. The molecule has 184 valence electrons. The normalized spacial score (nSPS) is 11.4. The minimum Gasteiger partial charge on any atom is -0.493 e. The predicted molar refractivity (Wildman–Crippen MR) is 134 cm³/mol. The Morgan fingerprint density at radius 2 is 1.38 bits per heavy atom. The van der Waals surface area contributed by atoms with Gasteiger partial charge < -0.3 is 19.3 Å². The van der Waals surface area contributed by atoms with E-state index in [-0.39, 0.29) is 11.7 Å². The van der Waals surface area contributed by atoms with E-state index in [1.54, 1.807) is 36.4 Å². The zero-order chi connectivity index (χ0) is 25.3. The molecule has 0 atom stereocenters. The summed E-state index contributed by atoms with van der Waals surface area (Å²) < 4.78 is 17.6. The van der Waals surface area contributed by atoms with Crippen molar-refractivity contribution in [2.24, 2.45) is 17.8 Å². The quantitative estimate of drug-likeness (QED) is 0.282. The van der Waals surface area contributed by atoms with Crippen molar-refractivity contribution >= 4 is 17.8 Å². The molecule has 2 rings (SSSR count). The van der Waals surface area contributed by atoms with Gasteiger partial charge in [-0.15, -0.1) is 0 Å². The highest BCUT2D eigenvalue weighted by Crippen LogP contribution is 2.30. The Kier molecular flexibility index (Phi) is 10.2. The molecule has 0 radical (unpaired) electrons. The second-order valence-corrected chi connectivity index (χ2v) is 9.53. The highest BCUT2D eigenvalue weighted by atomic mass is 16.5. The topological polar surface area (TPSA) is 82.1 Å². The maximum atomic E-state index is 13.5. The van der Waals surface area contributed by atoms with Gasteiger partial charge in [0.15, 0.2) is 5.78 Å². The van der Waals surface area contributed by atoms with E-state index in [2.05, 4.69) is 13.8 Å². The van der Waals surface area contributed by atoms with E-state index < -0.39 is 5.97 Å². The molecule has 0 saturated heterocycles. The maximum Gasteiger partial charge on any atom is 0.328 e. The van der Waals surface area contributed by atoms with Crippen LogP contribution in [-0.2, 0) is 4.79 Å². The minimum absolute atomic E-state index is 0.227. The second-order valence-electron chi connectivity index (χ2n) is 9.53. The standard InChI is InChI=1S/C28H36O6/c1-18(2)15-32-23-9-10-24(26(14-23)34-17-20(5)6)28(31)22-7-11-25(33-16-19(3)4)21(13-22)8-12-27(29)30/h7-14,18-20H,15-17H2,1-6H3,(H,29,30). The Morgan fingerprint density at radius 3 is 1.97 bits per heavy atom. The van der Waals surface area contributed by atoms with Gasteiger partial charge in [0.2, 0.25) is 0 Å². The number of aliphatic carboxylic acids is 1. The van der Waals surface area contributed by atoms with Crippen LogP contribution in [0.1, 0.15) is 63.0 Å². The van der Waals surface area contributed by atoms with Crippen molar-refractivity contribution in [1.82, 2.24) is 0 Å². The van der Waals surface area contributed by atoms with E-state index in [0.29, 0.717) is 65.6 Å². The second kappa shape index (κ2) is 12.8. The molecule has 0 spiro atoms. The van der Waals surface area contributed by atoms with Crippen LogP contribution in [0.3, 0.4) is 0 Å². The van der Waals surface area contributed by atoms with Crippen LogP contribution in [0.2, 0.25) is 0 Å². The van der Waals surface area contributed by atoms with Crippen LogP contribution in [0.25, 0.3) is 6.08 Å². The lowest BCUT2D eigenvalue weighted by Crippen LogP contribution is -2.11.